The van der Waals surface area contributed by atoms with Gasteiger partial charge in [0, 0.05) is 13.0 Å². The molecule has 1 aromatic carbocycles. The van der Waals surface area contributed by atoms with Crippen LogP contribution < -0.4 is 4.72 Å². The van der Waals surface area contributed by atoms with Gasteiger partial charge in [-0.25, -0.2) is 18.1 Å². The van der Waals surface area contributed by atoms with Crippen LogP contribution in [0.2, 0.25) is 0 Å². The van der Waals surface area contributed by atoms with Gasteiger partial charge in [-0.2, -0.15) is 0 Å². The summed E-state index contributed by atoms with van der Waals surface area (Å²) in [7, 11) is -3.35. The highest BCUT2D eigenvalue weighted by atomic mass is 32.2. The Balaban J connectivity index is 1.38. The number of sulfonamides is 1. The van der Waals surface area contributed by atoms with E-state index < -0.39 is 10.0 Å². The zero-order valence-corrected chi connectivity index (χ0v) is 18.1. The monoisotopic (exact) mass is 408 g/mol. The predicted molar refractivity (Wildman–Crippen MR) is 115 cm³/mol. The second-order valence-electron chi connectivity index (χ2n) is 7.54. The van der Waals surface area contributed by atoms with Crippen LogP contribution in [0, 0.1) is 0 Å². The number of ether oxygens (including phenoxy) is 1. The van der Waals surface area contributed by atoms with Crippen LogP contribution in [-0.2, 0) is 14.8 Å². The van der Waals surface area contributed by atoms with Gasteiger partial charge in [0.25, 0.3) is 0 Å². The van der Waals surface area contributed by atoms with Crippen molar-refractivity contribution in [3.63, 3.8) is 0 Å². The van der Waals surface area contributed by atoms with E-state index in [1.165, 1.54) is 44.9 Å². The van der Waals surface area contributed by atoms with Crippen LogP contribution in [0.3, 0.4) is 0 Å². The van der Waals surface area contributed by atoms with E-state index in [9.17, 15) is 8.42 Å². The molecule has 2 rings (SSSR count). The Bertz CT molecular complexity index is 674. The fraction of sp³-hybridized carbons (Fsp3) is 0.682. The van der Waals surface area contributed by atoms with Crippen LogP contribution in [0.25, 0.3) is 0 Å². The second kappa shape index (κ2) is 12.9. The first kappa shape index (κ1) is 22.9. The van der Waals surface area contributed by atoms with Gasteiger partial charge in [0.05, 0.1) is 10.9 Å². The number of benzene rings is 1. The standard InChI is InChI=1S/C22H36N2O3S/c1-2-20-19-27-22(24-20)17-13-8-6-4-3-5-7-9-14-18-23-28(25,26)21-15-11-10-12-16-21/h10-12,15-16,20,23H,2-9,13-14,17-19H2,1H3/t20-/m1/s1. The van der Waals surface area contributed by atoms with Crippen molar-refractivity contribution in [1.29, 1.82) is 0 Å². The number of hydrogen-bond donors (Lipinski definition) is 1. The highest BCUT2D eigenvalue weighted by molar-refractivity contribution is 7.89. The van der Waals surface area contributed by atoms with Gasteiger partial charge < -0.3 is 4.74 Å². The Kier molecular flexibility index (Phi) is 10.6. The highest BCUT2D eigenvalue weighted by Crippen LogP contribution is 2.15. The SMILES string of the molecule is CC[C@@H]1COC(CCCCCCCCCCCNS(=O)(=O)c2ccccc2)=N1. The Morgan fingerprint density at radius 3 is 2.18 bits per heavy atom. The van der Waals surface area contributed by atoms with E-state index in [1.54, 1.807) is 24.3 Å². The van der Waals surface area contributed by atoms with Gasteiger partial charge in [0.15, 0.2) is 5.90 Å². The van der Waals surface area contributed by atoms with Gasteiger partial charge in [-0.1, -0.05) is 70.1 Å². The predicted octanol–water partition coefficient (Wildman–Crippen LogP) is 5.07. The van der Waals surface area contributed by atoms with Crippen LogP contribution in [-0.4, -0.2) is 33.5 Å². The van der Waals surface area contributed by atoms with Gasteiger partial charge in [-0.15, -0.1) is 0 Å². The van der Waals surface area contributed by atoms with Crippen molar-refractivity contribution >= 4 is 15.9 Å². The van der Waals surface area contributed by atoms with Gasteiger partial charge in [0.2, 0.25) is 10.0 Å². The smallest absolute Gasteiger partial charge is 0.240 e. The molecule has 1 N–H and O–H groups in total. The van der Waals surface area contributed by atoms with Crippen molar-refractivity contribution in [2.24, 2.45) is 4.99 Å². The highest BCUT2D eigenvalue weighted by Gasteiger charge is 2.16. The van der Waals surface area contributed by atoms with Crippen LogP contribution in [0.1, 0.15) is 77.6 Å². The van der Waals surface area contributed by atoms with Gasteiger partial charge in [0.1, 0.15) is 6.61 Å². The molecule has 1 atom stereocenters. The Morgan fingerprint density at radius 1 is 0.964 bits per heavy atom. The number of nitrogens with one attached hydrogen (secondary N) is 1. The molecule has 0 saturated carbocycles. The Labute approximate surface area is 171 Å². The largest absolute Gasteiger partial charge is 0.479 e. The first-order valence-corrected chi connectivity index (χ1v) is 12.3. The van der Waals surface area contributed by atoms with Crippen LogP contribution in [0.5, 0.6) is 0 Å². The summed E-state index contributed by atoms with van der Waals surface area (Å²) in [6, 6.07) is 8.94. The average Bonchev–Trinajstić information content (AvgIpc) is 3.17. The maximum Gasteiger partial charge on any atom is 0.240 e. The second-order valence-corrected chi connectivity index (χ2v) is 9.31. The third kappa shape index (κ3) is 8.74. The van der Waals surface area contributed by atoms with E-state index in [4.69, 9.17) is 4.74 Å². The molecule has 0 unspecified atom stereocenters. The van der Waals surface area contributed by atoms with Gasteiger partial charge >= 0.3 is 0 Å². The lowest BCUT2D eigenvalue weighted by molar-refractivity contribution is 0.306. The molecule has 0 saturated heterocycles. The van der Waals surface area contributed by atoms with E-state index in [0.29, 0.717) is 17.5 Å². The fourth-order valence-corrected chi connectivity index (χ4v) is 4.44. The zero-order chi connectivity index (χ0) is 20.1. The lowest BCUT2D eigenvalue weighted by Gasteiger charge is -2.06. The van der Waals surface area contributed by atoms with Crippen LogP contribution in [0.15, 0.2) is 40.2 Å². The summed E-state index contributed by atoms with van der Waals surface area (Å²) in [6.45, 7) is 3.45. The molecule has 0 aromatic heterocycles. The molecule has 28 heavy (non-hydrogen) atoms. The molecule has 1 aliphatic heterocycles. The topological polar surface area (TPSA) is 67.8 Å². The summed E-state index contributed by atoms with van der Waals surface area (Å²) in [5, 5.41) is 0. The van der Waals surface area contributed by atoms with Crippen molar-refractivity contribution in [3.05, 3.63) is 30.3 Å². The third-order valence-corrected chi connectivity index (χ3v) is 6.63. The first-order valence-electron chi connectivity index (χ1n) is 10.9. The molecular weight excluding hydrogens is 372 g/mol. The summed E-state index contributed by atoms with van der Waals surface area (Å²) < 4.78 is 32.4. The molecule has 0 bridgehead atoms. The van der Waals surface area contributed by atoms with Crippen molar-refractivity contribution < 1.29 is 13.2 Å². The lowest BCUT2D eigenvalue weighted by atomic mass is 10.1. The van der Waals surface area contributed by atoms with E-state index in [2.05, 4.69) is 16.6 Å². The van der Waals surface area contributed by atoms with E-state index in [-0.39, 0.29) is 0 Å². The summed E-state index contributed by atoms with van der Waals surface area (Å²) in [5.41, 5.74) is 0. The molecule has 6 heteroatoms. The minimum absolute atomic E-state index is 0.340. The molecule has 158 valence electrons. The molecule has 5 nitrogen and oxygen atoms in total. The van der Waals surface area contributed by atoms with Crippen molar-refractivity contribution in [2.45, 2.75) is 88.5 Å². The molecule has 1 aliphatic rings. The number of hydrogen-bond acceptors (Lipinski definition) is 4. The molecule has 1 heterocycles. The molecular formula is C22H36N2O3S. The van der Waals surface area contributed by atoms with Crippen LogP contribution in [0.4, 0.5) is 0 Å². The molecule has 0 fully saturated rings. The van der Waals surface area contributed by atoms with E-state index >= 15 is 0 Å². The van der Waals surface area contributed by atoms with Crippen molar-refractivity contribution in [3.8, 4) is 0 Å². The lowest BCUT2D eigenvalue weighted by Crippen LogP contribution is -2.24. The summed E-state index contributed by atoms with van der Waals surface area (Å²) >= 11 is 0. The Hall–Kier alpha value is -1.40. The summed E-state index contributed by atoms with van der Waals surface area (Å²) in [4.78, 5) is 4.91. The van der Waals surface area contributed by atoms with Crippen molar-refractivity contribution in [2.75, 3.05) is 13.2 Å². The normalized spacial score (nSPS) is 16.8. The fourth-order valence-electron chi connectivity index (χ4n) is 3.34. The third-order valence-electron chi connectivity index (χ3n) is 5.15. The molecule has 0 radical (unpaired) electrons. The number of rotatable bonds is 15. The maximum absolute atomic E-state index is 12.1. The molecule has 0 amide bonds. The molecule has 1 aromatic rings. The molecule has 0 aliphatic carbocycles. The average molecular weight is 409 g/mol. The number of unbranched alkanes of at least 4 members (excludes halogenated alkanes) is 8. The minimum atomic E-state index is -3.35. The zero-order valence-electron chi connectivity index (χ0n) is 17.2. The summed E-state index contributed by atoms with van der Waals surface area (Å²) in [5.74, 6) is 0.967. The van der Waals surface area contributed by atoms with Gasteiger partial charge in [-0.05, 0) is 31.4 Å². The van der Waals surface area contributed by atoms with E-state index in [0.717, 1.165) is 38.2 Å². The van der Waals surface area contributed by atoms with Crippen LogP contribution >= 0.6 is 0 Å². The Morgan fingerprint density at radius 2 is 1.57 bits per heavy atom. The number of nitrogens with zero attached hydrogens (tertiary/aromatic N) is 1. The minimum Gasteiger partial charge on any atom is -0.479 e. The maximum atomic E-state index is 12.1. The number of aliphatic imine (C=N–C) groups is 1. The van der Waals surface area contributed by atoms with Gasteiger partial charge in [-0.3, -0.25) is 0 Å². The quantitative estimate of drug-likeness (QED) is 0.412. The molecule has 0 spiro atoms. The summed E-state index contributed by atoms with van der Waals surface area (Å²) in [6.07, 6.45) is 12.7. The van der Waals surface area contributed by atoms with Crippen molar-refractivity contribution in [1.82, 2.24) is 4.72 Å². The van der Waals surface area contributed by atoms with E-state index in [1.807, 2.05) is 6.07 Å². The first-order chi connectivity index (χ1) is 13.6.